The number of halogens is 2. The maximum Gasteiger partial charge on any atom is 0.188 e. The first kappa shape index (κ1) is 16.1. The Bertz CT molecular complexity index is 1030. The van der Waals surface area contributed by atoms with E-state index >= 15 is 0 Å². The summed E-state index contributed by atoms with van der Waals surface area (Å²) in [5, 5.41) is 15.3. The van der Waals surface area contributed by atoms with Gasteiger partial charge >= 0.3 is 0 Å². The minimum atomic E-state index is 0.576. The summed E-state index contributed by atoms with van der Waals surface area (Å²) in [6, 6.07) is 15.5. The second kappa shape index (κ2) is 6.85. The fraction of sp³-hybridized carbons (Fsp3) is 0. The molecule has 0 radical (unpaired) electrons. The van der Waals surface area contributed by atoms with Crippen molar-refractivity contribution < 1.29 is 0 Å². The van der Waals surface area contributed by atoms with Crippen molar-refractivity contribution in [2.75, 3.05) is 10.6 Å². The van der Waals surface area contributed by atoms with E-state index in [-0.39, 0.29) is 0 Å². The van der Waals surface area contributed by atoms with Gasteiger partial charge in [-0.05, 0) is 65.1 Å². The Labute approximate surface area is 162 Å². The van der Waals surface area contributed by atoms with Crippen molar-refractivity contribution in [2.24, 2.45) is 0 Å². The predicted molar refractivity (Wildman–Crippen MR) is 109 cm³/mol. The molecule has 4 rings (SSSR count). The van der Waals surface area contributed by atoms with E-state index in [4.69, 9.17) is 11.6 Å². The molecule has 0 aliphatic carbocycles. The van der Waals surface area contributed by atoms with Crippen LogP contribution in [0.4, 0.5) is 23.0 Å². The Hall–Kier alpha value is -2.39. The molecule has 0 saturated heterocycles. The molecule has 0 bridgehead atoms. The Morgan fingerprint density at radius 1 is 0.960 bits per heavy atom. The summed E-state index contributed by atoms with van der Waals surface area (Å²) in [5.74, 6) is 1.37. The molecular weight excluding hydrogens is 451 g/mol. The van der Waals surface area contributed by atoms with E-state index in [9.17, 15) is 0 Å². The van der Waals surface area contributed by atoms with Crippen molar-refractivity contribution in [3.8, 4) is 0 Å². The lowest BCUT2D eigenvalue weighted by Gasteiger charge is -2.09. The third-order valence-electron chi connectivity index (χ3n) is 3.55. The van der Waals surface area contributed by atoms with E-state index in [0.29, 0.717) is 16.5 Å². The molecule has 2 aromatic carbocycles. The largest absolute Gasteiger partial charge is 0.340 e. The number of aromatic amines is 1. The predicted octanol–water partition coefficient (Wildman–Crippen LogP) is 5.10. The number of benzene rings is 2. The maximum atomic E-state index is 6.06. The van der Waals surface area contributed by atoms with Crippen LogP contribution in [0, 0.1) is 3.57 Å². The van der Waals surface area contributed by atoms with Crippen molar-refractivity contribution in [1.82, 2.24) is 20.2 Å². The van der Waals surface area contributed by atoms with Gasteiger partial charge in [-0.3, -0.25) is 5.10 Å². The Morgan fingerprint density at radius 2 is 1.80 bits per heavy atom. The number of anilines is 4. The zero-order chi connectivity index (χ0) is 17.2. The number of nitrogens with zero attached hydrogens (tertiary/aromatic N) is 3. The van der Waals surface area contributed by atoms with Gasteiger partial charge in [0.25, 0.3) is 0 Å². The molecule has 2 aromatic heterocycles. The molecule has 0 amide bonds. The first-order chi connectivity index (χ1) is 12.2. The van der Waals surface area contributed by atoms with E-state index in [1.54, 1.807) is 0 Å². The van der Waals surface area contributed by atoms with E-state index < -0.39 is 0 Å². The van der Waals surface area contributed by atoms with Crippen LogP contribution in [-0.2, 0) is 0 Å². The molecule has 4 aromatic rings. The number of rotatable bonds is 4. The van der Waals surface area contributed by atoms with Crippen molar-refractivity contribution in [3.05, 3.63) is 63.5 Å². The SMILES string of the molecule is Clc1cccc(Nc2ncnc3n[nH]c(Nc4ccc(I)cc4)c23)c1. The Balaban J connectivity index is 1.72. The van der Waals surface area contributed by atoms with Gasteiger partial charge in [-0.15, -0.1) is 0 Å². The van der Waals surface area contributed by atoms with Gasteiger partial charge < -0.3 is 10.6 Å². The smallest absolute Gasteiger partial charge is 0.188 e. The third-order valence-corrected chi connectivity index (χ3v) is 4.51. The molecule has 0 aliphatic rings. The quantitative estimate of drug-likeness (QED) is 0.368. The highest BCUT2D eigenvalue weighted by molar-refractivity contribution is 14.1. The van der Waals surface area contributed by atoms with Crippen molar-refractivity contribution >= 4 is 68.2 Å². The summed E-state index contributed by atoms with van der Waals surface area (Å²) < 4.78 is 1.17. The van der Waals surface area contributed by atoms with Crippen molar-refractivity contribution in [3.63, 3.8) is 0 Å². The van der Waals surface area contributed by atoms with Crippen LogP contribution >= 0.6 is 34.2 Å². The molecule has 0 fully saturated rings. The number of nitrogens with one attached hydrogen (secondary N) is 3. The molecule has 2 heterocycles. The summed E-state index contributed by atoms with van der Waals surface area (Å²) in [4.78, 5) is 8.57. The van der Waals surface area contributed by atoms with E-state index in [1.807, 2.05) is 48.5 Å². The monoisotopic (exact) mass is 462 g/mol. The number of hydrogen-bond donors (Lipinski definition) is 3. The van der Waals surface area contributed by atoms with Gasteiger partial charge in [0.15, 0.2) is 5.65 Å². The van der Waals surface area contributed by atoms with Gasteiger partial charge in [-0.1, -0.05) is 17.7 Å². The van der Waals surface area contributed by atoms with E-state index in [0.717, 1.165) is 22.6 Å². The minimum Gasteiger partial charge on any atom is -0.340 e. The minimum absolute atomic E-state index is 0.576. The topological polar surface area (TPSA) is 78.5 Å². The molecule has 0 atom stereocenters. The average molecular weight is 463 g/mol. The van der Waals surface area contributed by atoms with Crippen LogP contribution in [0.1, 0.15) is 0 Å². The fourth-order valence-electron chi connectivity index (χ4n) is 2.42. The van der Waals surface area contributed by atoms with Crippen molar-refractivity contribution in [1.29, 1.82) is 0 Å². The molecule has 0 unspecified atom stereocenters. The lowest BCUT2D eigenvalue weighted by atomic mass is 10.3. The van der Waals surface area contributed by atoms with Crippen LogP contribution in [0.15, 0.2) is 54.9 Å². The maximum absolute atomic E-state index is 6.06. The van der Waals surface area contributed by atoms with Gasteiger partial charge in [0.1, 0.15) is 23.3 Å². The summed E-state index contributed by atoms with van der Waals surface area (Å²) in [5.41, 5.74) is 2.37. The van der Waals surface area contributed by atoms with Crippen LogP contribution in [0.5, 0.6) is 0 Å². The van der Waals surface area contributed by atoms with Gasteiger partial charge in [0, 0.05) is 20.0 Å². The van der Waals surface area contributed by atoms with Gasteiger partial charge in [0.2, 0.25) is 0 Å². The lowest BCUT2D eigenvalue weighted by Crippen LogP contribution is -1.97. The molecule has 0 spiro atoms. The molecule has 0 saturated carbocycles. The van der Waals surface area contributed by atoms with E-state index in [2.05, 4.69) is 53.4 Å². The van der Waals surface area contributed by atoms with Gasteiger partial charge in [-0.25, -0.2) is 9.97 Å². The van der Waals surface area contributed by atoms with Gasteiger partial charge in [-0.2, -0.15) is 5.10 Å². The fourth-order valence-corrected chi connectivity index (χ4v) is 2.97. The highest BCUT2D eigenvalue weighted by atomic mass is 127. The van der Waals surface area contributed by atoms with E-state index in [1.165, 1.54) is 9.90 Å². The summed E-state index contributed by atoms with van der Waals surface area (Å²) >= 11 is 8.33. The summed E-state index contributed by atoms with van der Waals surface area (Å²) in [6.45, 7) is 0. The summed E-state index contributed by atoms with van der Waals surface area (Å²) in [7, 11) is 0. The molecule has 25 heavy (non-hydrogen) atoms. The summed E-state index contributed by atoms with van der Waals surface area (Å²) in [6.07, 6.45) is 1.48. The Morgan fingerprint density at radius 3 is 2.60 bits per heavy atom. The number of hydrogen-bond acceptors (Lipinski definition) is 5. The van der Waals surface area contributed by atoms with Crippen LogP contribution in [0.25, 0.3) is 11.0 Å². The van der Waals surface area contributed by atoms with Gasteiger partial charge in [0.05, 0.1) is 0 Å². The molecular formula is C17H12ClIN6. The number of aromatic nitrogens is 4. The van der Waals surface area contributed by atoms with Crippen LogP contribution in [0.3, 0.4) is 0 Å². The lowest BCUT2D eigenvalue weighted by molar-refractivity contribution is 1.09. The number of fused-ring (bicyclic) bond motifs is 1. The van der Waals surface area contributed by atoms with Crippen LogP contribution < -0.4 is 10.6 Å². The molecule has 0 aliphatic heterocycles. The Kier molecular flexibility index (Phi) is 4.41. The zero-order valence-electron chi connectivity index (χ0n) is 12.8. The van der Waals surface area contributed by atoms with Crippen molar-refractivity contribution in [2.45, 2.75) is 0 Å². The van der Waals surface area contributed by atoms with Crippen LogP contribution in [0.2, 0.25) is 5.02 Å². The molecule has 3 N–H and O–H groups in total. The normalized spacial score (nSPS) is 10.8. The first-order valence-corrected chi connectivity index (χ1v) is 8.89. The second-order valence-corrected chi connectivity index (χ2v) is 6.97. The van der Waals surface area contributed by atoms with Crippen LogP contribution in [-0.4, -0.2) is 20.2 Å². The molecule has 6 nitrogen and oxygen atoms in total. The second-order valence-electron chi connectivity index (χ2n) is 5.29. The standard InChI is InChI=1S/C17H12ClIN6/c18-10-2-1-3-13(8-10)23-15-14-16(21-9-20-15)24-25-17(14)22-12-6-4-11(19)5-7-12/h1-9H,(H3,20,21,22,23,24,25). The zero-order valence-corrected chi connectivity index (χ0v) is 15.7. The highest BCUT2D eigenvalue weighted by Crippen LogP contribution is 2.30. The number of H-pyrrole nitrogens is 1. The first-order valence-electron chi connectivity index (χ1n) is 7.43. The highest BCUT2D eigenvalue weighted by Gasteiger charge is 2.13. The average Bonchev–Trinajstić information content (AvgIpc) is 3.01. The molecule has 8 heteroatoms. The molecule has 124 valence electrons. The third kappa shape index (κ3) is 3.52.